The van der Waals surface area contributed by atoms with Crippen LogP contribution in [0.25, 0.3) is 0 Å². The molecule has 0 aromatic heterocycles. The van der Waals surface area contributed by atoms with E-state index in [0.717, 1.165) is 12.8 Å². The Kier molecular flexibility index (Phi) is 10.8. The molecule has 0 radical (unpaired) electrons. The van der Waals surface area contributed by atoms with Gasteiger partial charge in [0.15, 0.2) is 0 Å². The average molecular weight is 395 g/mol. The standard InChI is InChI=1S/C22H34O6/c1-15(2)11-17(25-5)13-27-21(23)19-9-7-8-10-20(19)22(24)28-14-18(26-6)12-16(3)4/h7-10,15-18H,11-14H2,1-6H3. The normalized spacial score (nSPS) is 13.4. The molecule has 6 nitrogen and oxygen atoms in total. The predicted octanol–water partition coefficient (Wildman–Crippen LogP) is 4.12. The molecule has 0 bridgehead atoms. The lowest BCUT2D eigenvalue weighted by molar-refractivity contribution is 0.00119. The van der Waals surface area contributed by atoms with E-state index in [9.17, 15) is 9.59 Å². The molecule has 0 aliphatic carbocycles. The maximum absolute atomic E-state index is 12.5. The molecule has 0 spiro atoms. The Balaban J connectivity index is 2.74. The van der Waals surface area contributed by atoms with Crippen molar-refractivity contribution in [2.45, 2.75) is 52.7 Å². The summed E-state index contributed by atoms with van der Waals surface area (Å²) in [5.74, 6) is -0.288. The molecule has 0 amide bonds. The van der Waals surface area contributed by atoms with E-state index in [1.807, 2.05) is 0 Å². The average Bonchev–Trinajstić information content (AvgIpc) is 2.67. The first-order valence-electron chi connectivity index (χ1n) is 9.77. The summed E-state index contributed by atoms with van der Waals surface area (Å²) in [5.41, 5.74) is 0.370. The fraction of sp³-hybridized carbons (Fsp3) is 0.636. The minimum atomic E-state index is -0.566. The lowest BCUT2D eigenvalue weighted by atomic mass is 10.1. The van der Waals surface area contributed by atoms with Crippen LogP contribution in [0, 0.1) is 11.8 Å². The summed E-state index contributed by atoms with van der Waals surface area (Å²) in [4.78, 5) is 25.0. The molecule has 158 valence electrons. The third-order valence-electron chi connectivity index (χ3n) is 4.30. The monoisotopic (exact) mass is 394 g/mol. The summed E-state index contributed by atoms with van der Waals surface area (Å²) in [6.45, 7) is 8.57. The van der Waals surface area contributed by atoms with Crippen molar-refractivity contribution in [1.82, 2.24) is 0 Å². The molecule has 0 saturated heterocycles. The predicted molar refractivity (Wildman–Crippen MR) is 108 cm³/mol. The molecule has 2 atom stereocenters. The Hall–Kier alpha value is -1.92. The zero-order chi connectivity index (χ0) is 21.1. The first-order valence-corrected chi connectivity index (χ1v) is 9.77. The molecular formula is C22H34O6. The minimum Gasteiger partial charge on any atom is -0.459 e. The number of carbonyl (C=O) groups excluding carboxylic acids is 2. The Morgan fingerprint density at radius 2 is 1.11 bits per heavy atom. The topological polar surface area (TPSA) is 71.1 Å². The van der Waals surface area contributed by atoms with Gasteiger partial charge in [0.1, 0.15) is 13.2 Å². The summed E-state index contributed by atoms with van der Waals surface area (Å²) >= 11 is 0. The largest absolute Gasteiger partial charge is 0.459 e. The van der Waals surface area contributed by atoms with Crippen molar-refractivity contribution in [3.63, 3.8) is 0 Å². The van der Waals surface area contributed by atoms with Crippen molar-refractivity contribution in [3.8, 4) is 0 Å². The van der Waals surface area contributed by atoms with E-state index in [1.54, 1.807) is 38.5 Å². The Morgan fingerprint density at radius 1 is 0.750 bits per heavy atom. The van der Waals surface area contributed by atoms with Crippen LogP contribution in [-0.2, 0) is 18.9 Å². The second-order valence-corrected chi connectivity index (χ2v) is 7.72. The van der Waals surface area contributed by atoms with Crippen LogP contribution in [0.4, 0.5) is 0 Å². The third-order valence-corrected chi connectivity index (χ3v) is 4.30. The maximum Gasteiger partial charge on any atom is 0.339 e. The van der Waals surface area contributed by atoms with Crippen LogP contribution in [0.1, 0.15) is 61.3 Å². The van der Waals surface area contributed by atoms with Crippen molar-refractivity contribution in [2.24, 2.45) is 11.8 Å². The van der Waals surface area contributed by atoms with Crippen LogP contribution in [0.2, 0.25) is 0 Å². The van der Waals surface area contributed by atoms with Gasteiger partial charge in [-0.15, -0.1) is 0 Å². The van der Waals surface area contributed by atoms with Gasteiger partial charge in [0.2, 0.25) is 0 Å². The van der Waals surface area contributed by atoms with Crippen LogP contribution in [0.15, 0.2) is 24.3 Å². The summed E-state index contributed by atoms with van der Waals surface area (Å²) in [7, 11) is 3.19. The number of carbonyl (C=O) groups is 2. The molecule has 0 saturated carbocycles. The summed E-state index contributed by atoms with van der Waals surface area (Å²) in [5, 5.41) is 0. The van der Waals surface area contributed by atoms with Gasteiger partial charge in [-0.25, -0.2) is 9.59 Å². The van der Waals surface area contributed by atoms with E-state index in [4.69, 9.17) is 18.9 Å². The fourth-order valence-corrected chi connectivity index (χ4v) is 2.85. The number of benzene rings is 1. The van der Waals surface area contributed by atoms with Crippen LogP contribution in [-0.4, -0.2) is 51.6 Å². The van der Waals surface area contributed by atoms with Gasteiger partial charge in [-0.3, -0.25) is 0 Å². The Labute approximate surface area is 168 Å². The van der Waals surface area contributed by atoms with Crippen LogP contribution in [0.3, 0.4) is 0 Å². The van der Waals surface area contributed by atoms with Gasteiger partial charge in [0.05, 0.1) is 23.3 Å². The molecule has 0 aliphatic rings. The van der Waals surface area contributed by atoms with E-state index in [1.165, 1.54) is 0 Å². The first-order chi connectivity index (χ1) is 13.3. The maximum atomic E-state index is 12.5. The molecule has 0 N–H and O–H groups in total. The van der Waals surface area contributed by atoms with E-state index >= 15 is 0 Å². The zero-order valence-electron chi connectivity index (χ0n) is 17.9. The molecule has 0 heterocycles. The number of esters is 2. The number of rotatable bonds is 12. The van der Waals surface area contributed by atoms with Crippen LogP contribution < -0.4 is 0 Å². The van der Waals surface area contributed by atoms with E-state index in [2.05, 4.69) is 27.7 Å². The quantitative estimate of drug-likeness (QED) is 0.497. The number of hydrogen-bond donors (Lipinski definition) is 0. The summed E-state index contributed by atoms with van der Waals surface area (Å²) in [6.07, 6.45) is 1.20. The summed E-state index contributed by atoms with van der Waals surface area (Å²) in [6, 6.07) is 6.49. The molecule has 1 aromatic rings. The minimum absolute atomic E-state index is 0.136. The van der Waals surface area contributed by atoms with Gasteiger partial charge in [-0.1, -0.05) is 39.8 Å². The lowest BCUT2D eigenvalue weighted by Crippen LogP contribution is -2.25. The van der Waals surface area contributed by atoms with Crippen LogP contribution >= 0.6 is 0 Å². The highest BCUT2D eigenvalue weighted by molar-refractivity contribution is 6.03. The zero-order valence-corrected chi connectivity index (χ0v) is 17.9. The van der Waals surface area contributed by atoms with E-state index < -0.39 is 11.9 Å². The first kappa shape index (κ1) is 24.1. The molecule has 0 aliphatic heterocycles. The Morgan fingerprint density at radius 3 is 1.39 bits per heavy atom. The van der Waals surface area contributed by atoms with Gasteiger partial charge in [-0.05, 0) is 36.8 Å². The second-order valence-electron chi connectivity index (χ2n) is 7.72. The molecular weight excluding hydrogens is 360 g/mol. The van der Waals surface area contributed by atoms with Crippen molar-refractivity contribution in [1.29, 1.82) is 0 Å². The van der Waals surface area contributed by atoms with Gasteiger partial charge in [0.25, 0.3) is 0 Å². The molecule has 0 fully saturated rings. The van der Waals surface area contributed by atoms with E-state index in [0.29, 0.717) is 11.8 Å². The second kappa shape index (κ2) is 12.5. The SMILES string of the molecule is COC(COC(=O)c1ccccc1C(=O)OCC(CC(C)C)OC)CC(C)C. The van der Waals surface area contributed by atoms with Crippen molar-refractivity contribution >= 4 is 11.9 Å². The highest BCUT2D eigenvalue weighted by atomic mass is 16.6. The smallest absolute Gasteiger partial charge is 0.339 e. The molecule has 2 unspecified atom stereocenters. The number of hydrogen-bond acceptors (Lipinski definition) is 6. The highest BCUT2D eigenvalue weighted by Crippen LogP contribution is 2.15. The van der Waals surface area contributed by atoms with Gasteiger partial charge in [0, 0.05) is 14.2 Å². The van der Waals surface area contributed by atoms with Crippen molar-refractivity contribution in [2.75, 3.05) is 27.4 Å². The van der Waals surface area contributed by atoms with Crippen molar-refractivity contribution in [3.05, 3.63) is 35.4 Å². The van der Waals surface area contributed by atoms with Crippen LogP contribution in [0.5, 0.6) is 0 Å². The molecule has 1 rings (SSSR count). The molecule has 1 aromatic carbocycles. The highest BCUT2D eigenvalue weighted by Gasteiger charge is 2.22. The van der Waals surface area contributed by atoms with Crippen molar-refractivity contribution < 1.29 is 28.5 Å². The summed E-state index contributed by atoms with van der Waals surface area (Å²) < 4.78 is 21.5. The van der Waals surface area contributed by atoms with Gasteiger partial charge in [-0.2, -0.15) is 0 Å². The lowest BCUT2D eigenvalue weighted by Gasteiger charge is -2.19. The fourth-order valence-electron chi connectivity index (χ4n) is 2.85. The third kappa shape index (κ3) is 8.40. The van der Waals surface area contributed by atoms with Gasteiger partial charge >= 0.3 is 11.9 Å². The Bertz CT molecular complexity index is 558. The van der Waals surface area contributed by atoms with Gasteiger partial charge < -0.3 is 18.9 Å². The number of methoxy groups -OCH3 is 2. The molecule has 6 heteroatoms. The molecule has 28 heavy (non-hydrogen) atoms. The number of ether oxygens (including phenoxy) is 4. The van der Waals surface area contributed by atoms with E-state index in [-0.39, 0.29) is 36.5 Å².